The summed E-state index contributed by atoms with van der Waals surface area (Å²) in [5, 5.41) is 4.30. The summed E-state index contributed by atoms with van der Waals surface area (Å²) < 4.78 is 11.2. The Labute approximate surface area is 132 Å². The van der Waals surface area contributed by atoms with Gasteiger partial charge in [0, 0.05) is 12.6 Å². The van der Waals surface area contributed by atoms with Crippen LogP contribution in [0.4, 0.5) is 0 Å². The van der Waals surface area contributed by atoms with Gasteiger partial charge in [-0.2, -0.15) is 0 Å². The minimum atomic E-state index is 0.512. The lowest BCUT2D eigenvalue weighted by atomic mass is 9.75. The maximum absolute atomic E-state index is 6.27. The summed E-state index contributed by atoms with van der Waals surface area (Å²) in [6, 6.07) is 4.64. The number of fused-ring (bicyclic) bond motifs is 1. The molecule has 0 spiro atoms. The van der Waals surface area contributed by atoms with Crippen molar-refractivity contribution < 1.29 is 9.47 Å². The van der Waals surface area contributed by atoms with Crippen LogP contribution in [-0.4, -0.2) is 19.3 Å². The number of benzene rings is 1. The zero-order valence-electron chi connectivity index (χ0n) is 12.9. The number of ether oxygens (including phenoxy) is 2. The summed E-state index contributed by atoms with van der Waals surface area (Å²) in [4.78, 5) is 0. The first-order valence-corrected chi connectivity index (χ1v) is 8.23. The van der Waals surface area contributed by atoms with Crippen LogP contribution >= 0.6 is 11.6 Å². The summed E-state index contributed by atoms with van der Waals surface area (Å²) in [6.07, 6.45) is 5.11. The van der Waals surface area contributed by atoms with E-state index in [4.69, 9.17) is 21.1 Å². The van der Waals surface area contributed by atoms with Gasteiger partial charge in [0.2, 0.25) is 0 Å². The molecule has 1 aromatic carbocycles. The van der Waals surface area contributed by atoms with Gasteiger partial charge in [-0.25, -0.2) is 0 Å². The Morgan fingerprint density at radius 1 is 1.19 bits per heavy atom. The highest BCUT2D eigenvalue weighted by Gasteiger charge is 2.26. The molecular weight excluding hydrogens is 286 g/mol. The zero-order valence-corrected chi connectivity index (χ0v) is 13.6. The van der Waals surface area contributed by atoms with Gasteiger partial charge in [-0.1, -0.05) is 25.4 Å². The summed E-state index contributed by atoms with van der Waals surface area (Å²) in [6.45, 7) is 6.73. The monoisotopic (exact) mass is 309 g/mol. The normalized spacial score (nSPS) is 21.3. The Balaban J connectivity index is 1.60. The van der Waals surface area contributed by atoms with Gasteiger partial charge in [0.05, 0.1) is 5.02 Å². The number of rotatable bonds is 3. The van der Waals surface area contributed by atoms with E-state index in [2.05, 4.69) is 19.2 Å². The molecular formula is C17H24ClNO2. The predicted molar refractivity (Wildman–Crippen MR) is 85.3 cm³/mol. The molecule has 0 amide bonds. The van der Waals surface area contributed by atoms with E-state index in [1.807, 2.05) is 12.1 Å². The van der Waals surface area contributed by atoms with Crippen molar-refractivity contribution in [2.75, 3.05) is 13.2 Å². The van der Waals surface area contributed by atoms with Crippen LogP contribution in [0.2, 0.25) is 5.02 Å². The molecule has 116 valence electrons. The molecule has 1 aliphatic carbocycles. The SMILES string of the molecule is CC1(C)CCC(NCc2cc(Cl)c3c(c2)OCCO3)CC1. The Hall–Kier alpha value is -0.930. The Bertz CT molecular complexity index is 506. The van der Waals surface area contributed by atoms with Gasteiger partial charge in [0.15, 0.2) is 11.5 Å². The third-order valence-electron chi connectivity index (χ3n) is 4.59. The third-order valence-corrected chi connectivity index (χ3v) is 4.87. The first-order chi connectivity index (χ1) is 10.0. The molecule has 1 heterocycles. The number of hydrogen-bond donors (Lipinski definition) is 1. The molecule has 0 aromatic heterocycles. The lowest BCUT2D eigenvalue weighted by molar-refractivity contribution is 0.171. The van der Waals surface area contributed by atoms with Crippen LogP contribution in [0.5, 0.6) is 11.5 Å². The van der Waals surface area contributed by atoms with Gasteiger partial charge in [-0.3, -0.25) is 0 Å². The Kier molecular flexibility index (Phi) is 4.32. The molecule has 1 saturated carbocycles. The summed E-state index contributed by atoms with van der Waals surface area (Å²) in [7, 11) is 0. The van der Waals surface area contributed by atoms with Crippen LogP contribution in [0.3, 0.4) is 0 Å². The fourth-order valence-electron chi connectivity index (χ4n) is 3.13. The molecule has 3 rings (SSSR count). The van der Waals surface area contributed by atoms with Crippen LogP contribution in [0.25, 0.3) is 0 Å². The quantitative estimate of drug-likeness (QED) is 0.909. The average Bonchev–Trinajstić information content (AvgIpc) is 2.46. The van der Waals surface area contributed by atoms with Crippen molar-refractivity contribution in [2.24, 2.45) is 5.41 Å². The lowest BCUT2D eigenvalue weighted by Gasteiger charge is -2.34. The van der Waals surface area contributed by atoms with Crippen molar-refractivity contribution in [2.45, 2.75) is 52.1 Å². The second-order valence-corrected chi connectivity index (χ2v) is 7.33. The smallest absolute Gasteiger partial charge is 0.179 e. The number of hydrogen-bond acceptors (Lipinski definition) is 3. The van der Waals surface area contributed by atoms with E-state index in [-0.39, 0.29) is 0 Å². The van der Waals surface area contributed by atoms with Gasteiger partial charge in [-0.05, 0) is 48.8 Å². The third kappa shape index (κ3) is 3.64. The molecule has 1 aliphatic heterocycles. The molecule has 1 N–H and O–H groups in total. The van der Waals surface area contributed by atoms with E-state index in [1.165, 1.54) is 25.7 Å². The molecule has 0 radical (unpaired) electrons. The summed E-state index contributed by atoms with van der Waals surface area (Å²) >= 11 is 6.27. The Morgan fingerprint density at radius 3 is 2.67 bits per heavy atom. The second-order valence-electron chi connectivity index (χ2n) is 6.92. The predicted octanol–water partition coefficient (Wildman–Crippen LogP) is 4.17. The van der Waals surface area contributed by atoms with Crippen LogP contribution in [0, 0.1) is 5.41 Å². The van der Waals surface area contributed by atoms with E-state index in [1.54, 1.807) is 0 Å². The standard InChI is InChI=1S/C17H24ClNO2/c1-17(2)5-3-13(4-6-17)19-11-12-9-14(18)16-15(10-12)20-7-8-21-16/h9-10,13,19H,3-8,11H2,1-2H3. The highest BCUT2D eigenvalue weighted by Crippen LogP contribution is 2.39. The second kappa shape index (κ2) is 6.05. The maximum atomic E-state index is 6.27. The van der Waals surface area contributed by atoms with Gasteiger partial charge in [-0.15, -0.1) is 0 Å². The van der Waals surface area contributed by atoms with Crippen molar-refractivity contribution >= 4 is 11.6 Å². The summed E-state index contributed by atoms with van der Waals surface area (Å²) in [5.41, 5.74) is 1.67. The highest BCUT2D eigenvalue weighted by atomic mass is 35.5. The minimum absolute atomic E-state index is 0.512. The fraction of sp³-hybridized carbons (Fsp3) is 0.647. The molecule has 4 heteroatoms. The minimum Gasteiger partial charge on any atom is -0.486 e. The summed E-state index contributed by atoms with van der Waals surface area (Å²) in [5.74, 6) is 1.46. The van der Waals surface area contributed by atoms with E-state index in [9.17, 15) is 0 Å². The van der Waals surface area contributed by atoms with E-state index in [0.29, 0.717) is 35.4 Å². The molecule has 21 heavy (non-hydrogen) atoms. The van der Waals surface area contributed by atoms with Crippen LogP contribution in [0.1, 0.15) is 45.1 Å². The van der Waals surface area contributed by atoms with Crippen molar-refractivity contribution in [3.05, 3.63) is 22.7 Å². The molecule has 3 nitrogen and oxygen atoms in total. The topological polar surface area (TPSA) is 30.5 Å². The molecule has 0 unspecified atom stereocenters. The van der Waals surface area contributed by atoms with E-state index >= 15 is 0 Å². The maximum Gasteiger partial charge on any atom is 0.179 e. The van der Waals surface area contributed by atoms with Gasteiger partial charge in [0.1, 0.15) is 13.2 Å². The van der Waals surface area contributed by atoms with Gasteiger partial charge < -0.3 is 14.8 Å². The lowest BCUT2D eigenvalue weighted by Crippen LogP contribution is -2.35. The molecule has 1 aromatic rings. The number of nitrogens with one attached hydrogen (secondary N) is 1. The van der Waals surface area contributed by atoms with E-state index < -0.39 is 0 Å². The Morgan fingerprint density at radius 2 is 1.90 bits per heavy atom. The first kappa shape index (κ1) is 15.0. The molecule has 0 atom stereocenters. The fourth-order valence-corrected chi connectivity index (χ4v) is 3.42. The number of halogens is 1. The average molecular weight is 310 g/mol. The molecule has 2 aliphatic rings. The van der Waals surface area contributed by atoms with Crippen LogP contribution in [-0.2, 0) is 6.54 Å². The van der Waals surface area contributed by atoms with Gasteiger partial charge >= 0.3 is 0 Å². The highest BCUT2D eigenvalue weighted by molar-refractivity contribution is 6.32. The zero-order chi connectivity index (χ0) is 14.9. The molecule has 1 fully saturated rings. The van der Waals surface area contributed by atoms with Crippen molar-refractivity contribution in [3.63, 3.8) is 0 Å². The van der Waals surface area contributed by atoms with Crippen molar-refractivity contribution in [3.8, 4) is 11.5 Å². The molecule has 0 bridgehead atoms. The first-order valence-electron chi connectivity index (χ1n) is 7.85. The van der Waals surface area contributed by atoms with Crippen LogP contribution in [0.15, 0.2) is 12.1 Å². The molecule has 0 saturated heterocycles. The van der Waals surface area contributed by atoms with E-state index in [0.717, 1.165) is 17.9 Å². The van der Waals surface area contributed by atoms with Crippen LogP contribution < -0.4 is 14.8 Å². The largest absolute Gasteiger partial charge is 0.486 e. The van der Waals surface area contributed by atoms with Gasteiger partial charge in [0.25, 0.3) is 0 Å². The van der Waals surface area contributed by atoms with Crippen molar-refractivity contribution in [1.82, 2.24) is 5.32 Å². The van der Waals surface area contributed by atoms with Crippen molar-refractivity contribution in [1.29, 1.82) is 0 Å².